The summed E-state index contributed by atoms with van der Waals surface area (Å²) >= 11 is 0. The minimum absolute atomic E-state index is 0.00386. The fourth-order valence-electron chi connectivity index (χ4n) is 5.78. The first-order valence-electron chi connectivity index (χ1n) is 19.3. The van der Waals surface area contributed by atoms with Crippen LogP contribution in [0.3, 0.4) is 0 Å². The molecular weight excluding hydrogens is 544 g/mol. The smallest absolute Gasteiger partial charge is 0.306 e. The number of unbranched alkanes of at least 4 members (excludes halogenated alkanes) is 24. The van der Waals surface area contributed by atoms with Crippen LogP contribution in [-0.2, 0) is 14.3 Å². The predicted molar refractivity (Wildman–Crippen MR) is 190 cm³/mol. The van der Waals surface area contributed by atoms with Crippen LogP contribution in [0.2, 0.25) is 0 Å². The molecule has 0 aromatic rings. The predicted octanol–water partition coefficient (Wildman–Crippen LogP) is 13.2. The first-order chi connectivity index (χ1) is 21.6. The van der Waals surface area contributed by atoms with E-state index in [-0.39, 0.29) is 12.1 Å². The number of ether oxygens (including phenoxy) is 1. The van der Waals surface area contributed by atoms with Crippen molar-refractivity contribution in [2.24, 2.45) is 0 Å². The van der Waals surface area contributed by atoms with Gasteiger partial charge in [-0.1, -0.05) is 160 Å². The van der Waals surface area contributed by atoms with Gasteiger partial charge in [0.15, 0.2) is 0 Å². The summed E-state index contributed by atoms with van der Waals surface area (Å²) in [5.74, 6) is -0.669. The van der Waals surface area contributed by atoms with E-state index >= 15 is 0 Å². The number of allylic oxidation sites excluding steroid dienone is 4. The molecule has 0 radical (unpaired) electrons. The highest BCUT2D eigenvalue weighted by molar-refractivity contribution is 5.69. The first kappa shape index (κ1) is 42.4. The molecule has 0 aliphatic heterocycles. The number of aliphatic carboxylic acids is 1. The molecule has 1 atom stereocenters. The monoisotopic (exact) mass is 619 g/mol. The lowest BCUT2D eigenvalue weighted by molar-refractivity contribution is -0.148. The summed E-state index contributed by atoms with van der Waals surface area (Å²) in [7, 11) is 0. The van der Waals surface area contributed by atoms with E-state index in [1.54, 1.807) is 0 Å². The molecule has 0 rings (SSSR count). The molecule has 44 heavy (non-hydrogen) atoms. The van der Waals surface area contributed by atoms with Gasteiger partial charge in [0.25, 0.3) is 0 Å². The molecular formula is C40H74O4. The van der Waals surface area contributed by atoms with Crippen molar-refractivity contribution >= 4 is 11.9 Å². The minimum Gasteiger partial charge on any atom is -0.481 e. The van der Waals surface area contributed by atoms with Crippen molar-refractivity contribution in [3.05, 3.63) is 24.3 Å². The molecule has 258 valence electrons. The van der Waals surface area contributed by atoms with Crippen molar-refractivity contribution in [1.29, 1.82) is 0 Å². The molecule has 1 N–H and O–H groups in total. The van der Waals surface area contributed by atoms with Crippen molar-refractivity contribution in [3.8, 4) is 0 Å². The highest BCUT2D eigenvalue weighted by Gasteiger charge is 2.09. The molecule has 0 saturated heterocycles. The highest BCUT2D eigenvalue weighted by atomic mass is 16.5. The Morgan fingerprint density at radius 2 is 0.909 bits per heavy atom. The van der Waals surface area contributed by atoms with Gasteiger partial charge in [-0.2, -0.15) is 0 Å². The normalized spacial score (nSPS) is 12.4. The van der Waals surface area contributed by atoms with E-state index in [2.05, 4.69) is 38.2 Å². The van der Waals surface area contributed by atoms with E-state index in [0.29, 0.717) is 12.8 Å². The van der Waals surface area contributed by atoms with Gasteiger partial charge in [0, 0.05) is 12.8 Å². The second-order valence-corrected chi connectivity index (χ2v) is 13.2. The lowest BCUT2D eigenvalue weighted by Gasteiger charge is -2.13. The number of carboxylic acids is 1. The van der Waals surface area contributed by atoms with E-state index in [9.17, 15) is 9.59 Å². The zero-order valence-corrected chi connectivity index (χ0v) is 29.5. The summed E-state index contributed by atoms with van der Waals surface area (Å²) in [5, 5.41) is 8.64. The Morgan fingerprint density at radius 3 is 1.36 bits per heavy atom. The topological polar surface area (TPSA) is 63.6 Å². The third kappa shape index (κ3) is 36.6. The zero-order valence-electron chi connectivity index (χ0n) is 29.5. The second kappa shape index (κ2) is 35.9. The van der Waals surface area contributed by atoms with Crippen LogP contribution in [0.5, 0.6) is 0 Å². The van der Waals surface area contributed by atoms with Crippen molar-refractivity contribution in [2.75, 3.05) is 0 Å². The summed E-state index contributed by atoms with van der Waals surface area (Å²) in [4.78, 5) is 22.6. The zero-order chi connectivity index (χ0) is 32.2. The number of carboxylic acid groups (broad SMARTS) is 1. The van der Waals surface area contributed by atoms with Crippen molar-refractivity contribution < 1.29 is 19.4 Å². The Labute approximate surface area is 274 Å². The molecule has 0 saturated carbocycles. The van der Waals surface area contributed by atoms with E-state index in [1.165, 1.54) is 141 Å². The lowest BCUT2D eigenvalue weighted by Crippen LogP contribution is -2.14. The minimum atomic E-state index is -0.666. The van der Waals surface area contributed by atoms with Crippen LogP contribution in [0.25, 0.3) is 0 Å². The first-order valence-corrected chi connectivity index (χ1v) is 19.3. The van der Waals surface area contributed by atoms with Crippen LogP contribution in [0.1, 0.15) is 213 Å². The summed E-state index contributed by atoms with van der Waals surface area (Å²) < 4.78 is 5.64. The average Bonchev–Trinajstić information content (AvgIpc) is 3.00. The number of carbonyl (C=O) groups is 2. The lowest BCUT2D eigenvalue weighted by atomic mass is 10.0. The quantitative estimate of drug-likeness (QED) is 0.0436. The van der Waals surface area contributed by atoms with Crippen LogP contribution in [0, 0.1) is 0 Å². The van der Waals surface area contributed by atoms with Gasteiger partial charge in [-0.15, -0.1) is 0 Å². The molecule has 0 bridgehead atoms. The van der Waals surface area contributed by atoms with Gasteiger partial charge in [0.1, 0.15) is 0 Å². The van der Waals surface area contributed by atoms with Gasteiger partial charge < -0.3 is 9.84 Å². The van der Waals surface area contributed by atoms with Gasteiger partial charge in [-0.3, -0.25) is 9.59 Å². The maximum atomic E-state index is 12.2. The van der Waals surface area contributed by atoms with Gasteiger partial charge in [0.2, 0.25) is 0 Å². The summed E-state index contributed by atoms with van der Waals surface area (Å²) in [6.45, 7) is 4.31. The van der Waals surface area contributed by atoms with Crippen LogP contribution in [-0.4, -0.2) is 23.1 Å². The molecule has 0 aromatic carbocycles. The van der Waals surface area contributed by atoms with Gasteiger partial charge in [-0.25, -0.2) is 0 Å². The van der Waals surface area contributed by atoms with Crippen LogP contribution >= 0.6 is 0 Å². The second-order valence-electron chi connectivity index (χ2n) is 13.2. The summed E-state index contributed by atoms with van der Waals surface area (Å²) in [5.41, 5.74) is 0. The molecule has 1 unspecified atom stereocenters. The number of rotatable bonds is 35. The van der Waals surface area contributed by atoms with Crippen molar-refractivity contribution in [1.82, 2.24) is 0 Å². The number of carbonyl (C=O) groups excluding carboxylic acids is 1. The van der Waals surface area contributed by atoms with E-state index in [0.717, 1.165) is 44.9 Å². The van der Waals surface area contributed by atoms with E-state index in [1.807, 2.05) is 0 Å². The largest absolute Gasteiger partial charge is 0.481 e. The molecule has 0 spiro atoms. The SMILES string of the molecule is CCCCC/C=C\C/C=C\CCCCCCCCCC(=O)OC(C)CCCCCCCCCCCCCCCCCC(=O)O. The summed E-state index contributed by atoms with van der Waals surface area (Å²) in [6, 6.07) is 0. The molecule has 4 nitrogen and oxygen atoms in total. The Hall–Kier alpha value is -1.58. The van der Waals surface area contributed by atoms with Gasteiger partial charge in [-0.05, 0) is 64.7 Å². The highest BCUT2D eigenvalue weighted by Crippen LogP contribution is 2.16. The third-order valence-electron chi connectivity index (χ3n) is 8.67. The molecule has 0 aliphatic carbocycles. The molecule has 0 heterocycles. The average molecular weight is 619 g/mol. The molecule has 4 heteroatoms. The fourth-order valence-corrected chi connectivity index (χ4v) is 5.78. The molecule has 0 amide bonds. The Bertz CT molecular complexity index is 668. The fraction of sp³-hybridized carbons (Fsp3) is 0.850. The Morgan fingerprint density at radius 1 is 0.523 bits per heavy atom. The number of hydrogen-bond donors (Lipinski definition) is 1. The van der Waals surface area contributed by atoms with Crippen molar-refractivity contribution in [2.45, 2.75) is 219 Å². The van der Waals surface area contributed by atoms with Crippen molar-refractivity contribution in [3.63, 3.8) is 0 Å². The summed E-state index contributed by atoms with van der Waals surface area (Å²) in [6.07, 6.45) is 46.1. The third-order valence-corrected chi connectivity index (χ3v) is 8.67. The maximum absolute atomic E-state index is 12.2. The van der Waals surface area contributed by atoms with Crippen LogP contribution < -0.4 is 0 Å². The maximum Gasteiger partial charge on any atom is 0.306 e. The standard InChI is InChI=1S/C40H74O4/c1-3-4-5-6-7-8-9-10-11-12-16-19-22-25-28-31-34-37-40(43)44-38(2)35-32-29-26-23-20-17-14-13-15-18-21-24-27-30-33-36-39(41)42/h7-8,10-11,38H,3-6,9,12-37H2,1-2H3,(H,41,42)/b8-7-,11-10-. The van der Waals surface area contributed by atoms with Crippen LogP contribution in [0.15, 0.2) is 24.3 Å². The Kier molecular flexibility index (Phi) is 34.6. The van der Waals surface area contributed by atoms with E-state index < -0.39 is 5.97 Å². The molecule has 0 aromatic heterocycles. The van der Waals surface area contributed by atoms with Crippen LogP contribution in [0.4, 0.5) is 0 Å². The molecule has 0 fully saturated rings. The molecule has 0 aliphatic rings. The number of esters is 1. The van der Waals surface area contributed by atoms with Gasteiger partial charge in [0.05, 0.1) is 6.10 Å². The Balaban J connectivity index is 3.33. The number of hydrogen-bond acceptors (Lipinski definition) is 3. The van der Waals surface area contributed by atoms with Gasteiger partial charge >= 0.3 is 11.9 Å². The van der Waals surface area contributed by atoms with E-state index in [4.69, 9.17) is 9.84 Å².